The van der Waals surface area contributed by atoms with E-state index in [4.69, 9.17) is 4.98 Å². The van der Waals surface area contributed by atoms with E-state index < -0.39 is 5.97 Å². The Morgan fingerprint density at radius 1 is 1.19 bits per heavy atom. The number of thiophene rings is 1. The highest BCUT2D eigenvalue weighted by Crippen LogP contribution is 2.32. The van der Waals surface area contributed by atoms with Crippen LogP contribution >= 0.6 is 11.3 Å². The maximum absolute atomic E-state index is 11.6. The minimum atomic E-state index is -0.918. The molecule has 0 spiro atoms. The van der Waals surface area contributed by atoms with Gasteiger partial charge in [0, 0.05) is 20.7 Å². The van der Waals surface area contributed by atoms with Crippen molar-refractivity contribution in [1.29, 1.82) is 0 Å². The lowest BCUT2D eigenvalue weighted by molar-refractivity contribution is 0.0699. The van der Waals surface area contributed by atoms with Crippen molar-refractivity contribution >= 4 is 28.2 Å². The zero-order valence-corrected chi connectivity index (χ0v) is 12.9. The van der Waals surface area contributed by atoms with Crippen LogP contribution in [0, 0.1) is 20.8 Å². The molecule has 0 saturated carbocycles. The molecule has 2 aromatic heterocycles. The summed E-state index contributed by atoms with van der Waals surface area (Å²) in [4.78, 5) is 18.6. The topological polar surface area (TPSA) is 50.2 Å². The molecular weight excluding hydrogens is 282 g/mol. The van der Waals surface area contributed by atoms with Gasteiger partial charge in [0.25, 0.3) is 0 Å². The molecule has 0 bridgehead atoms. The molecule has 106 valence electrons. The summed E-state index contributed by atoms with van der Waals surface area (Å²) in [5.74, 6) is -0.918. The predicted octanol–water partition coefficient (Wildman–Crippen LogP) is 4.59. The van der Waals surface area contributed by atoms with Crippen molar-refractivity contribution in [1.82, 2.24) is 4.98 Å². The highest BCUT2D eigenvalue weighted by molar-refractivity contribution is 7.12. The Morgan fingerprint density at radius 2 is 1.95 bits per heavy atom. The number of nitrogens with zero attached hydrogens (tertiary/aromatic N) is 1. The molecule has 0 aliphatic carbocycles. The molecule has 0 radical (unpaired) electrons. The van der Waals surface area contributed by atoms with Crippen LogP contribution in [0.25, 0.3) is 22.2 Å². The number of pyridine rings is 1. The summed E-state index contributed by atoms with van der Waals surface area (Å²) < 4.78 is 0. The van der Waals surface area contributed by atoms with Crippen LogP contribution < -0.4 is 0 Å². The number of rotatable bonds is 2. The fourth-order valence-electron chi connectivity index (χ4n) is 2.59. The number of hydrogen-bond donors (Lipinski definition) is 1. The monoisotopic (exact) mass is 297 g/mol. The van der Waals surface area contributed by atoms with Crippen LogP contribution in [0.2, 0.25) is 0 Å². The predicted molar refractivity (Wildman–Crippen MR) is 86.2 cm³/mol. The molecule has 3 rings (SSSR count). The van der Waals surface area contributed by atoms with Crippen LogP contribution in [-0.2, 0) is 0 Å². The van der Waals surface area contributed by atoms with Crippen molar-refractivity contribution in [2.75, 3.05) is 0 Å². The first-order valence-electron chi connectivity index (χ1n) is 6.68. The van der Waals surface area contributed by atoms with E-state index in [9.17, 15) is 9.90 Å². The van der Waals surface area contributed by atoms with Crippen LogP contribution in [-0.4, -0.2) is 16.1 Å². The van der Waals surface area contributed by atoms with Gasteiger partial charge in [-0.05, 0) is 38.5 Å². The van der Waals surface area contributed by atoms with E-state index in [2.05, 4.69) is 6.07 Å². The lowest BCUT2D eigenvalue weighted by Crippen LogP contribution is -2.01. The number of carboxylic acid groups (broad SMARTS) is 1. The molecule has 3 aromatic rings. The maximum atomic E-state index is 11.6. The summed E-state index contributed by atoms with van der Waals surface area (Å²) in [5.41, 5.74) is 3.81. The molecule has 1 N–H and O–H groups in total. The van der Waals surface area contributed by atoms with Gasteiger partial charge in [-0.3, -0.25) is 0 Å². The van der Waals surface area contributed by atoms with Crippen LogP contribution in [0.1, 0.15) is 25.7 Å². The Balaban J connectivity index is 2.37. The van der Waals surface area contributed by atoms with E-state index >= 15 is 0 Å². The molecule has 0 saturated heterocycles. The third kappa shape index (κ3) is 2.32. The summed E-state index contributed by atoms with van der Waals surface area (Å²) in [6.45, 7) is 6.04. The molecule has 0 aliphatic heterocycles. The smallest absolute Gasteiger partial charge is 0.336 e. The van der Waals surface area contributed by atoms with E-state index in [1.807, 2.05) is 39.0 Å². The van der Waals surface area contributed by atoms with Crippen molar-refractivity contribution in [2.24, 2.45) is 0 Å². The second-order valence-electron chi connectivity index (χ2n) is 5.16. The number of aryl methyl sites for hydroxylation is 3. The van der Waals surface area contributed by atoms with Crippen LogP contribution in [0.3, 0.4) is 0 Å². The minimum Gasteiger partial charge on any atom is -0.478 e. The fraction of sp³-hybridized carbons (Fsp3) is 0.176. The first-order valence-corrected chi connectivity index (χ1v) is 7.50. The highest BCUT2D eigenvalue weighted by atomic mass is 32.1. The van der Waals surface area contributed by atoms with E-state index in [-0.39, 0.29) is 0 Å². The number of benzene rings is 1. The first-order chi connectivity index (χ1) is 9.97. The maximum Gasteiger partial charge on any atom is 0.336 e. The molecule has 2 heterocycles. The van der Waals surface area contributed by atoms with Crippen molar-refractivity contribution in [3.63, 3.8) is 0 Å². The SMILES string of the molecule is Cc1cc(-c2cc(C(=O)O)c3cccc(C)c3n2)c(C)s1. The Labute approximate surface area is 126 Å². The van der Waals surface area contributed by atoms with Gasteiger partial charge in [-0.25, -0.2) is 9.78 Å². The average molecular weight is 297 g/mol. The van der Waals surface area contributed by atoms with E-state index in [1.54, 1.807) is 17.4 Å². The normalized spacial score (nSPS) is 11.0. The summed E-state index contributed by atoms with van der Waals surface area (Å²) in [7, 11) is 0. The summed E-state index contributed by atoms with van der Waals surface area (Å²) in [6.07, 6.45) is 0. The molecule has 3 nitrogen and oxygen atoms in total. The second-order valence-corrected chi connectivity index (χ2v) is 6.62. The number of carboxylic acids is 1. The average Bonchev–Trinajstić information content (AvgIpc) is 2.77. The van der Waals surface area contributed by atoms with Gasteiger partial charge in [0.05, 0.1) is 16.8 Å². The molecular formula is C17H15NO2S. The largest absolute Gasteiger partial charge is 0.478 e. The molecule has 4 heteroatoms. The van der Waals surface area contributed by atoms with Crippen molar-refractivity contribution in [3.05, 3.63) is 51.2 Å². The second kappa shape index (κ2) is 4.97. The van der Waals surface area contributed by atoms with Gasteiger partial charge in [0.2, 0.25) is 0 Å². The lowest BCUT2D eigenvalue weighted by atomic mass is 10.0. The fourth-order valence-corrected chi connectivity index (χ4v) is 3.53. The van der Waals surface area contributed by atoms with Crippen molar-refractivity contribution < 1.29 is 9.90 Å². The number of aromatic nitrogens is 1. The third-order valence-corrected chi connectivity index (χ3v) is 4.55. The molecule has 0 amide bonds. The summed E-state index contributed by atoms with van der Waals surface area (Å²) in [6, 6.07) is 9.38. The van der Waals surface area contributed by atoms with Crippen LogP contribution in [0.4, 0.5) is 0 Å². The Kier molecular flexibility index (Phi) is 3.26. The van der Waals surface area contributed by atoms with Gasteiger partial charge in [-0.1, -0.05) is 18.2 Å². The Bertz CT molecular complexity index is 865. The van der Waals surface area contributed by atoms with E-state index in [0.717, 1.165) is 27.2 Å². The van der Waals surface area contributed by atoms with Gasteiger partial charge >= 0.3 is 5.97 Å². The lowest BCUT2D eigenvalue weighted by Gasteiger charge is -2.08. The molecule has 0 unspecified atom stereocenters. The van der Waals surface area contributed by atoms with Crippen LogP contribution in [0.5, 0.6) is 0 Å². The van der Waals surface area contributed by atoms with Gasteiger partial charge in [0.1, 0.15) is 0 Å². The van der Waals surface area contributed by atoms with Crippen molar-refractivity contribution in [2.45, 2.75) is 20.8 Å². The standard InChI is InChI=1S/C17H15NO2S/c1-9-5-4-6-12-14(17(19)20)8-15(18-16(9)12)13-7-10(2)21-11(13)3/h4-8H,1-3H3,(H,19,20). The van der Waals surface area contributed by atoms with E-state index in [0.29, 0.717) is 10.9 Å². The summed E-state index contributed by atoms with van der Waals surface area (Å²) in [5, 5.41) is 10.2. The van der Waals surface area contributed by atoms with Gasteiger partial charge < -0.3 is 5.11 Å². The molecule has 1 aromatic carbocycles. The van der Waals surface area contributed by atoms with Gasteiger partial charge in [0.15, 0.2) is 0 Å². The zero-order valence-electron chi connectivity index (χ0n) is 12.1. The Morgan fingerprint density at radius 3 is 2.57 bits per heavy atom. The Hall–Kier alpha value is -2.20. The quantitative estimate of drug-likeness (QED) is 0.752. The molecule has 0 aliphatic rings. The van der Waals surface area contributed by atoms with E-state index in [1.165, 1.54) is 4.88 Å². The van der Waals surface area contributed by atoms with Crippen LogP contribution in [0.15, 0.2) is 30.3 Å². The first kappa shape index (κ1) is 13.8. The summed E-state index contributed by atoms with van der Waals surface area (Å²) >= 11 is 1.70. The number of fused-ring (bicyclic) bond motifs is 1. The van der Waals surface area contributed by atoms with Crippen molar-refractivity contribution in [3.8, 4) is 11.3 Å². The third-order valence-electron chi connectivity index (χ3n) is 3.59. The molecule has 21 heavy (non-hydrogen) atoms. The molecule has 0 fully saturated rings. The van der Waals surface area contributed by atoms with Gasteiger partial charge in [-0.15, -0.1) is 11.3 Å². The minimum absolute atomic E-state index is 0.307. The number of hydrogen-bond acceptors (Lipinski definition) is 3. The highest BCUT2D eigenvalue weighted by Gasteiger charge is 2.15. The molecule has 0 atom stereocenters. The number of aromatic carboxylic acids is 1. The number of carbonyl (C=O) groups is 1. The zero-order chi connectivity index (χ0) is 15.1. The van der Waals surface area contributed by atoms with Gasteiger partial charge in [-0.2, -0.15) is 0 Å². The number of para-hydroxylation sites is 1.